The lowest BCUT2D eigenvalue weighted by molar-refractivity contribution is 0.229. The Hall–Kier alpha value is -2.47. The van der Waals surface area contributed by atoms with Gasteiger partial charge in [-0.1, -0.05) is 0 Å². The third-order valence-electron chi connectivity index (χ3n) is 3.53. The summed E-state index contributed by atoms with van der Waals surface area (Å²) in [6, 6.07) is 7.94. The Morgan fingerprint density at radius 1 is 1.24 bits per heavy atom. The molecule has 0 aliphatic carbocycles. The topological polar surface area (TPSA) is 70.8 Å². The average molecular weight is 283 g/mol. The predicted molar refractivity (Wildman–Crippen MR) is 78.2 cm³/mol. The van der Waals surface area contributed by atoms with E-state index in [9.17, 15) is 0 Å². The summed E-state index contributed by atoms with van der Waals surface area (Å²) in [4.78, 5) is 10.4. The van der Waals surface area contributed by atoms with Crippen LogP contribution in [-0.2, 0) is 6.54 Å². The fourth-order valence-electron chi connectivity index (χ4n) is 2.16. The van der Waals surface area contributed by atoms with E-state index in [0.717, 1.165) is 22.9 Å². The molecule has 0 saturated heterocycles. The summed E-state index contributed by atoms with van der Waals surface area (Å²) in [7, 11) is 2.05. The molecule has 0 radical (unpaired) electrons. The number of nitrogens with one attached hydrogen (secondary N) is 1. The van der Waals surface area contributed by atoms with Crippen LogP contribution in [0.3, 0.4) is 0 Å². The van der Waals surface area contributed by atoms with Crippen molar-refractivity contribution >= 4 is 0 Å². The summed E-state index contributed by atoms with van der Waals surface area (Å²) < 4.78 is 5.84. The Kier molecular flexibility index (Phi) is 3.79. The van der Waals surface area contributed by atoms with Crippen LogP contribution in [0.4, 0.5) is 0 Å². The Morgan fingerprint density at radius 3 is 2.86 bits per heavy atom. The number of H-pyrrole nitrogens is 1. The van der Waals surface area contributed by atoms with Crippen molar-refractivity contribution in [1.29, 1.82) is 0 Å². The van der Waals surface area contributed by atoms with Gasteiger partial charge in [0.1, 0.15) is 17.8 Å². The van der Waals surface area contributed by atoms with Gasteiger partial charge in [0.05, 0.1) is 12.2 Å². The van der Waals surface area contributed by atoms with Gasteiger partial charge in [0.2, 0.25) is 0 Å². The molecule has 1 atom stereocenters. The minimum absolute atomic E-state index is 0.189. The third kappa shape index (κ3) is 3.00. The highest BCUT2D eigenvalue weighted by Crippen LogP contribution is 2.23. The van der Waals surface area contributed by atoms with Crippen LogP contribution in [0, 0.1) is 0 Å². The highest BCUT2D eigenvalue weighted by Gasteiger charge is 2.15. The number of aromatic nitrogens is 4. The van der Waals surface area contributed by atoms with E-state index < -0.39 is 0 Å². The van der Waals surface area contributed by atoms with Crippen LogP contribution in [0.25, 0.3) is 11.5 Å². The standard InChI is InChI=1S/C15H17N5O/c1-11(13-5-7-16-10-17-13)20(2)9-12-3-4-15(21-12)14-6-8-18-19-14/h3-8,10-11H,9H2,1-2H3,(H,18,19)/t11-/m0/s1. The van der Waals surface area contributed by atoms with Crippen LogP contribution in [0.5, 0.6) is 0 Å². The smallest absolute Gasteiger partial charge is 0.152 e. The zero-order valence-electron chi connectivity index (χ0n) is 12.0. The summed E-state index contributed by atoms with van der Waals surface area (Å²) in [5, 5.41) is 6.82. The lowest BCUT2D eigenvalue weighted by Crippen LogP contribution is -2.22. The summed E-state index contributed by atoms with van der Waals surface area (Å²) in [6.45, 7) is 2.82. The Balaban J connectivity index is 1.69. The second kappa shape index (κ2) is 5.88. The normalized spacial score (nSPS) is 12.7. The van der Waals surface area contributed by atoms with Crippen molar-refractivity contribution in [1.82, 2.24) is 25.1 Å². The molecule has 0 saturated carbocycles. The average Bonchev–Trinajstić information content (AvgIpc) is 3.18. The summed E-state index contributed by atoms with van der Waals surface area (Å²) in [6.07, 6.45) is 5.04. The molecule has 3 aromatic rings. The summed E-state index contributed by atoms with van der Waals surface area (Å²) in [5.41, 5.74) is 1.88. The molecule has 6 heteroatoms. The van der Waals surface area contributed by atoms with Gasteiger partial charge >= 0.3 is 0 Å². The first-order valence-corrected chi connectivity index (χ1v) is 6.78. The van der Waals surface area contributed by atoms with Gasteiger partial charge < -0.3 is 4.42 Å². The molecule has 3 rings (SSSR count). The van der Waals surface area contributed by atoms with Crippen LogP contribution < -0.4 is 0 Å². The minimum atomic E-state index is 0.189. The second-order valence-corrected chi connectivity index (χ2v) is 4.96. The Bertz CT molecular complexity index is 677. The second-order valence-electron chi connectivity index (χ2n) is 4.96. The van der Waals surface area contributed by atoms with Gasteiger partial charge in [0.25, 0.3) is 0 Å². The Morgan fingerprint density at radius 2 is 2.14 bits per heavy atom. The van der Waals surface area contributed by atoms with Crippen molar-refractivity contribution in [2.45, 2.75) is 19.5 Å². The van der Waals surface area contributed by atoms with E-state index in [1.807, 2.05) is 31.3 Å². The van der Waals surface area contributed by atoms with Gasteiger partial charge in [0.15, 0.2) is 5.76 Å². The number of hydrogen-bond donors (Lipinski definition) is 1. The molecule has 108 valence electrons. The molecular weight excluding hydrogens is 266 g/mol. The van der Waals surface area contributed by atoms with Crippen molar-refractivity contribution in [2.24, 2.45) is 0 Å². The summed E-state index contributed by atoms with van der Waals surface area (Å²) >= 11 is 0. The number of nitrogens with zero attached hydrogens (tertiary/aromatic N) is 4. The van der Waals surface area contributed by atoms with Crippen LogP contribution in [0.1, 0.15) is 24.4 Å². The number of rotatable bonds is 5. The number of aromatic amines is 1. The molecule has 3 heterocycles. The zero-order chi connectivity index (χ0) is 14.7. The number of hydrogen-bond acceptors (Lipinski definition) is 5. The molecule has 3 aromatic heterocycles. The van der Waals surface area contributed by atoms with Crippen LogP contribution in [-0.4, -0.2) is 32.1 Å². The van der Waals surface area contributed by atoms with Gasteiger partial charge in [-0.2, -0.15) is 5.10 Å². The maximum Gasteiger partial charge on any atom is 0.152 e. The lowest BCUT2D eigenvalue weighted by Gasteiger charge is -2.22. The molecule has 6 nitrogen and oxygen atoms in total. The molecule has 0 bridgehead atoms. The van der Waals surface area contributed by atoms with E-state index in [1.54, 1.807) is 18.7 Å². The molecule has 1 N–H and O–H groups in total. The van der Waals surface area contributed by atoms with Crippen molar-refractivity contribution in [3.63, 3.8) is 0 Å². The SMILES string of the molecule is C[C@@H](c1ccncn1)N(C)Cc1ccc(-c2ccn[nH]2)o1. The van der Waals surface area contributed by atoms with E-state index in [-0.39, 0.29) is 6.04 Å². The Labute approximate surface area is 122 Å². The van der Waals surface area contributed by atoms with Gasteiger partial charge in [0, 0.05) is 18.4 Å². The molecule has 21 heavy (non-hydrogen) atoms. The van der Waals surface area contributed by atoms with E-state index in [1.165, 1.54) is 0 Å². The van der Waals surface area contributed by atoms with Gasteiger partial charge in [-0.15, -0.1) is 0 Å². The van der Waals surface area contributed by atoms with Crippen LogP contribution in [0.15, 0.2) is 47.4 Å². The first-order chi connectivity index (χ1) is 10.2. The van der Waals surface area contributed by atoms with E-state index in [4.69, 9.17) is 4.42 Å². The molecule has 0 spiro atoms. The fraction of sp³-hybridized carbons (Fsp3) is 0.267. The van der Waals surface area contributed by atoms with Crippen molar-refractivity contribution in [3.8, 4) is 11.5 Å². The van der Waals surface area contributed by atoms with E-state index >= 15 is 0 Å². The van der Waals surface area contributed by atoms with Crippen molar-refractivity contribution in [3.05, 3.63) is 54.4 Å². The molecular formula is C15H17N5O. The highest BCUT2D eigenvalue weighted by atomic mass is 16.3. The van der Waals surface area contributed by atoms with Crippen molar-refractivity contribution in [2.75, 3.05) is 7.05 Å². The highest BCUT2D eigenvalue weighted by molar-refractivity contribution is 5.51. The monoisotopic (exact) mass is 283 g/mol. The zero-order valence-corrected chi connectivity index (χ0v) is 12.0. The number of furan rings is 1. The molecule has 0 aliphatic heterocycles. The van der Waals surface area contributed by atoms with Crippen LogP contribution >= 0.6 is 0 Å². The van der Waals surface area contributed by atoms with E-state index in [2.05, 4.69) is 32.0 Å². The lowest BCUT2D eigenvalue weighted by atomic mass is 10.2. The molecule has 0 aliphatic rings. The fourth-order valence-corrected chi connectivity index (χ4v) is 2.16. The third-order valence-corrected chi connectivity index (χ3v) is 3.53. The molecule has 0 amide bonds. The van der Waals surface area contributed by atoms with Gasteiger partial charge in [-0.05, 0) is 38.2 Å². The molecule has 0 fully saturated rings. The first-order valence-electron chi connectivity index (χ1n) is 6.78. The van der Waals surface area contributed by atoms with Gasteiger partial charge in [-0.3, -0.25) is 10.00 Å². The van der Waals surface area contributed by atoms with Crippen molar-refractivity contribution < 1.29 is 4.42 Å². The quantitative estimate of drug-likeness (QED) is 0.779. The molecule has 0 unspecified atom stereocenters. The van der Waals surface area contributed by atoms with E-state index in [0.29, 0.717) is 6.54 Å². The summed E-state index contributed by atoms with van der Waals surface area (Å²) in [5.74, 6) is 1.70. The first kappa shape index (κ1) is 13.5. The minimum Gasteiger partial charge on any atom is -0.458 e. The molecule has 0 aromatic carbocycles. The van der Waals surface area contributed by atoms with Crippen LogP contribution in [0.2, 0.25) is 0 Å². The largest absolute Gasteiger partial charge is 0.458 e. The predicted octanol–water partition coefficient (Wildman–Crippen LogP) is 2.65. The maximum absolute atomic E-state index is 5.84. The van der Waals surface area contributed by atoms with Gasteiger partial charge in [-0.25, -0.2) is 9.97 Å². The maximum atomic E-state index is 5.84.